The molecule has 0 heterocycles. The van der Waals surface area contributed by atoms with E-state index in [2.05, 4.69) is 5.73 Å². The minimum Gasteiger partial charge on any atom is -0.352 e. The summed E-state index contributed by atoms with van der Waals surface area (Å²) in [5.74, 6) is -4.21. The molecule has 3 N–H and O–H groups in total. The summed E-state index contributed by atoms with van der Waals surface area (Å²) in [6, 6.07) is -1.26. The van der Waals surface area contributed by atoms with Crippen LogP contribution in [0.4, 0.5) is 22.4 Å². The van der Waals surface area contributed by atoms with Crippen molar-refractivity contribution in [1.82, 2.24) is 5.32 Å². The molecule has 0 saturated carbocycles. The maximum Gasteiger partial charge on any atom is 0.324 e. The molecule has 3 nitrogen and oxygen atoms in total. The fourth-order valence-electron chi connectivity index (χ4n) is 0.282. The summed E-state index contributed by atoms with van der Waals surface area (Å²) in [4.78, 5) is 9.80. The molecule has 7 heteroatoms. The second-order valence-corrected chi connectivity index (χ2v) is 1.78. The molecule has 11 heavy (non-hydrogen) atoms. The van der Waals surface area contributed by atoms with Crippen LogP contribution in [0.15, 0.2) is 0 Å². The number of hydrogen-bond donors (Lipinski definition) is 2. The third kappa shape index (κ3) is 3.64. The first-order valence-corrected chi connectivity index (χ1v) is 2.55. The number of hydrogen-bond acceptors (Lipinski definition) is 1. The number of nitrogens with two attached hydrogens (primary N) is 1. The van der Waals surface area contributed by atoms with Gasteiger partial charge in [0.1, 0.15) is 0 Å². The summed E-state index contributed by atoms with van der Waals surface area (Å²) in [7, 11) is 0. The predicted molar refractivity (Wildman–Crippen MR) is 28.5 cm³/mol. The molecule has 0 unspecified atom stereocenters. The first kappa shape index (κ1) is 9.99. The van der Waals surface area contributed by atoms with Crippen LogP contribution in [0.2, 0.25) is 0 Å². The summed E-state index contributed by atoms with van der Waals surface area (Å²) in [5, 5.41) is 1.38. The van der Waals surface area contributed by atoms with Gasteiger partial charge in [0.2, 0.25) is 0 Å². The smallest absolute Gasteiger partial charge is 0.324 e. The number of urea groups is 1. The van der Waals surface area contributed by atoms with E-state index in [1.807, 2.05) is 0 Å². The molecule has 0 rings (SSSR count). The molecule has 0 aromatic carbocycles. The molecular formula is C4H6F4N2O. The van der Waals surface area contributed by atoms with Crippen LogP contribution in [0.5, 0.6) is 0 Å². The van der Waals surface area contributed by atoms with E-state index in [0.29, 0.717) is 0 Å². The minimum absolute atomic E-state index is 1.26. The number of carbonyl (C=O) groups is 1. The van der Waals surface area contributed by atoms with E-state index in [1.165, 1.54) is 5.32 Å². The van der Waals surface area contributed by atoms with E-state index in [-0.39, 0.29) is 0 Å². The highest BCUT2D eigenvalue weighted by atomic mass is 19.3. The quantitative estimate of drug-likeness (QED) is 0.603. The fraction of sp³-hybridized carbons (Fsp3) is 0.750. The van der Waals surface area contributed by atoms with Crippen molar-refractivity contribution in [1.29, 1.82) is 0 Å². The zero-order valence-corrected chi connectivity index (χ0v) is 5.28. The highest BCUT2D eigenvalue weighted by Gasteiger charge is 2.40. The van der Waals surface area contributed by atoms with Crippen LogP contribution in [-0.4, -0.2) is 24.9 Å². The van der Waals surface area contributed by atoms with Crippen LogP contribution in [-0.2, 0) is 0 Å². The lowest BCUT2D eigenvalue weighted by Crippen LogP contribution is -2.43. The number of amides is 2. The molecule has 0 aliphatic heterocycles. The summed E-state index contributed by atoms with van der Waals surface area (Å²) in [6.07, 6.45) is -3.80. The second kappa shape index (κ2) is 3.40. The highest BCUT2D eigenvalue weighted by Crippen LogP contribution is 2.21. The Labute approximate surface area is 59.5 Å². The lowest BCUT2D eigenvalue weighted by molar-refractivity contribution is -0.123. The SMILES string of the molecule is NC(=O)NCC(F)(F)C(F)F. The maximum atomic E-state index is 11.9. The van der Waals surface area contributed by atoms with Crippen molar-refractivity contribution in [2.45, 2.75) is 12.3 Å². The molecule has 0 radical (unpaired) electrons. The number of primary amides is 1. The van der Waals surface area contributed by atoms with Crippen LogP contribution in [0.1, 0.15) is 0 Å². The normalized spacial score (nSPS) is 11.7. The number of halogens is 4. The molecule has 0 atom stereocenters. The van der Waals surface area contributed by atoms with Crippen molar-refractivity contribution in [3.63, 3.8) is 0 Å². The van der Waals surface area contributed by atoms with Gasteiger partial charge in [0, 0.05) is 0 Å². The van der Waals surface area contributed by atoms with Gasteiger partial charge < -0.3 is 11.1 Å². The first-order valence-electron chi connectivity index (χ1n) is 2.55. The van der Waals surface area contributed by atoms with Crippen molar-refractivity contribution >= 4 is 6.03 Å². The number of nitrogens with one attached hydrogen (secondary N) is 1. The number of rotatable bonds is 3. The van der Waals surface area contributed by atoms with Gasteiger partial charge >= 0.3 is 18.4 Å². The largest absolute Gasteiger partial charge is 0.352 e. The van der Waals surface area contributed by atoms with Gasteiger partial charge in [-0.1, -0.05) is 0 Å². The van der Waals surface area contributed by atoms with Gasteiger partial charge in [-0.05, 0) is 0 Å². The molecule has 0 aromatic heterocycles. The van der Waals surface area contributed by atoms with Crippen LogP contribution < -0.4 is 11.1 Å². The molecule has 0 aliphatic rings. The van der Waals surface area contributed by atoms with E-state index < -0.39 is 24.9 Å². The van der Waals surface area contributed by atoms with Crippen molar-refractivity contribution in [2.75, 3.05) is 6.54 Å². The van der Waals surface area contributed by atoms with Gasteiger partial charge in [-0.2, -0.15) is 8.78 Å². The average molecular weight is 174 g/mol. The van der Waals surface area contributed by atoms with Gasteiger partial charge in [-0.15, -0.1) is 0 Å². The zero-order valence-electron chi connectivity index (χ0n) is 5.28. The van der Waals surface area contributed by atoms with E-state index >= 15 is 0 Å². The third-order valence-corrected chi connectivity index (χ3v) is 0.818. The summed E-state index contributed by atoms with van der Waals surface area (Å²) >= 11 is 0. The van der Waals surface area contributed by atoms with Crippen LogP contribution >= 0.6 is 0 Å². The van der Waals surface area contributed by atoms with Crippen molar-refractivity contribution in [2.24, 2.45) is 5.73 Å². The highest BCUT2D eigenvalue weighted by molar-refractivity contribution is 5.71. The van der Waals surface area contributed by atoms with Crippen LogP contribution in [0, 0.1) is 0 Å². The van der Waals surface area contributed by atoms with Gasteiger partial charge in [0.05, 0.1) is 6.54 Å². The molecule has 0 spiro atoms. The second-order valence-electron chi connectivity index (χ2n) is 1.78. The minimum atomic E-state index is -4.21. The molecule has 0 aliphatic carbocycles. The molecular weight excluding hydrogens is 168 g/mol. The molecule has 2 amide bonds. The van der Waals surface area contributed by atoms with Crippen molar-refractivity contribution < 1.29 is 22.4 Å². The lowest BCUT2D eigenvalue weighted by atomic mass is 10.3. The van der Waals surface area contributed by atoms with Gasteiger partial charge in [-0.3, -0.25) is 0 Å². The average Bonchev–Trinajstić information content (AvgIpc) is 1.84. The van der Waals surface area contributed by atoms with Crippen molar-refractivity contribution in [3.05, 3.63) is 0 Å². The molecule has 0 saturated heterocycles. The third-order valence-electron chi connectivity index (χ3n) is 0.818. The summed E-state index contributed by atoms with van der Waals surface area (Å²) in [5.41, 5.74) is 4.37. The first-order chi connectivity index (χ1) is 4.86. The number of carbonyl (C=O) groups excluding carboxylic acids is 1. The van der Waals surface area contributed by atoms with E-state index in [0.717, 1.165) is 0 Å². The Morgan fingerprint density at radius 2 is 2.00 bits per heavy atom. The Morgan fingerprint density at radius 1 is 1.55 bits per heavy atom. The van der Waals surface area contributed by atoms with Gasteiger partial charge in [0.15, 0.2) is 0 Å². The topological polar surface area (TPSA) is 55.1 Å². The standard InChI is InChI=1S/C4H6F4N2O/c5-2(6)4(7,8)1-10-3(9)11/h2H,1H2,(H3,9,10,11). The van der Waals surface area contributed by atoms with Gasteiger partial charge in [-0.25, -0.2) is 13.6 Å². The maximum absolute atomic E-state index is 11.9. The molecule has 0 aromatic rings. The Balaban J connectivity index is 3.82. The number of alkyl halides is 4. The van der Waals surface area contributed by atoms with Gasteiger partial charge in [0.25, 0.3) is 0 Å². The monoisotopic (exact) mass is 174 g/mol. The van der Waals surface area contributed by atoms with E-state index in [4.69, 9.17) is 0 Å². The Hall–Kier alpha value is -1.01. The molecule has 0 bridgehead atoms. The van der Waals surface area contributed by atoms with E-state index in [9.17, 15) is 22.4 Å². The van der Waals surface area contributed by atoms with Crippen LogP contribution in [0.25, 0.3) is 0 Å². The Bertz CT molecular complexity index is 149. The summed E-state index contributed by atoms with van der Waals surface area (Å²) < 4.78 is 46.4. The molecule has 0 fully saturated rings. The molecule has 66 valence electrons. The lowest BCUT2D eigenvalue weighted by Gasteiger charge is -2.14. The van der Waals surface area contributed by atoms with Crippen molar-refractivity contribution in [3.8, 4) is 0 Å². The predicted octanol–water partition coefficient (Wildman–Crippen LogP) is 0.555. The summed E-state index contributed by atoms with van der Waals surface area (Å²) in [6.45, 7) is -1.44. The zero-order chi connectivity index (χ0) is 9.07. The van der Waals surface area contributed by atoms with E-state index in [1.54, 1.807) is 0 Å². The Kier molecular flexibility index (Phi) is 3.09. The fourth-order valence-corrected chi connectivity index (χ4v) is 0.282. The van der Waals surface area contributed by atoms with Crippen LogP contribution in [0.3, 0.4) is 0 Å². The Morgan fingerprint density at radius 3 is 2.27 bits per heavy atom.